The fourth-order valence-corrected chi connectivity index (χ4v) is 0.991. The van der Waals surface area contributed by atoms with Gasteiger partial charge in [-0.3, -0.25) is 4.79 Å². The monoisotopic (exact) mass is 218 g/mol. The lowest BCUT2D eigenvalue weighted by molar-refractivity contribution is -0.122. The standard InChI is InChI=1S/C10H22N2O3/c1-11-5-3-6-12-10(13)4-7-15-9-8-14-2/h11H,3-9H2,1-2H3,(H,12,13). The van der Waals surface area contributed by atoms with Gasteiger partial charge in [0.05, 0.1) is 19.8 Å². The number of amides is 1. The van der Waals surface area contributed by atoms with Crippen molar-refractivity contribution in [1.82, 2.24) is 10.6 Å². The van der Waals surface area contributed by atoms with E-state index in [2.05, 4.69) is 10.6 Å². The summed E-state index contributed by atoms with van der Waals surface area (Å²) >= 11 is 0. The third kappa shape index (κ3) is 11.3. The number of hydrogen-bond acceptors (Lipinski definition) is 4. The lowest BCUT2D eigenvalue weighted by Gasteiger charge is -2.05. The Morgan fingerprint density at radius 2 is 2.00 bits per heavy atom. The maximum absolute atomic E-state index is 11.2. The smallest absolute Gasteiger partial charge is 0.222 e. The normalized spacial score (nSPS) is 10.3. The van der Waals surface area contributed by atoms with Crippen molar-refractivity contribution in [2.75, 3.05) is 47.1 Å². The quantitative estimate of drug-likeness (QED) is 0.497. The molecule has 0 heterocycles. The molecule has 0 aromatic rings. The van der Waals surface area contributed by atoms with Crippen molar-refractivity contribution in [2.45, 2.75) is 12.8 Å². The molecule has 5 heteroatoms. The first-order valence-electron chi connectivity index (χ1n) is 5.29. The second-order valence-electron chi connectivity index (χ2n) is 3.16. The molecule has 0 aromatic carbocycles. The third-order valence-electron chi connectivity index (χ3n) is 1.83. The highest BCUT2D eigenvalue weighted by atomic mass is 16.5. The number of rotatable bonds is 10. The van der Waals surface area contributed by atoms with E-state index >= 15 is 0 Å². The number of carbonyl (C=O) groups is 1. The van der Waals surface area contributed by atoms with Crippen LogP contribution in [-0.4, -0.2) is 53.0 Å². The van der Waals surface area contributed by atoms with Crippen molar-refractivity contribution in [3.63, 3.8) is 0 Å². The molecule has 90 valence electrons. The molecule has 0 aliphatic rings. The summed E-state index contributed by atoms with van der Waals surface area (Å²) in [6.45, 7) is 3.22. The molecule has 15 heavy (non-hydrogen) atoms. The minimum absolute atomic E-state index is 0.0449. The fourth-order valence-electron chi connectivity index (χ4n) is 0.991. The Morgan fingerprint density at radius 3 is 2.67 bits per heavy atom. The molecule has 2 N–H and O–H groups in total. The highest BCUT2D eigenvalue weighted by molar-refractivity contribution is 5.75. The first-order chi connectivity index (χ1) is 7.31. The van der Waals surface area contributed by atoms with E-state index in [1.165, 1.54) is 0 Å². The molecular formula is C10H22N2O3. The highest BCUT2D eigenvalue weighted by Gasteiger charge is 1.99. The van der Waals surface area contributed by atoms with Crippen molar-refractivity contribution in [3.8, 4) is 0 Å². The Balaban J connectivity index is 3.11. The van der Waals surface area contributed by atoms with Crippen molar-refractivity contribution < 1.29 is 14.3 Å². The predicted molar refractivity (Wildman–Crippen MR) is 58.9 cm³/mol. The zero-order chi connectivity index (χ0) is 11.4. The summed E-state index contributed by atoms with van der Waals surface area (Å²) in [7, 11) is 3.52. The number of carbonyl (C=O) groups excluding carboxylic acids is 1. The molecule has 0 saturated carbocycles. The van der Waals surface area contributed by atoms with Gasteiger partial charge in [0.1, 0.15) is 0 Å². The van der Waals surface area contributed by atoms with E-state index in [-0.39, 0.29) is 5.91 Å². The average Bonchev–Trinajstić information content (AvgIpc) is 2.24. The lowest BCUT2D eigenvalue weighted by atomic mass is 10.4. The SMILES string of the molecule is CNCCCNC(=O)CCOCCOC. The van der Waals surface area contributed by atoms with Gasteiger partial charge < -0.3 is 20.1 Å². The molecular weight excluding hydrogens is 196 g/mol. The summed E-state index contributed by atoms with van der Waals surface area (Å²) < 4.78 is 9.98. The first-order valence-corrected chi connectivity index (χ1v) is 5.29. The van der Waals surface area contributed by atoms with Crippen LogP contribution in [0.15, 0.2) is 0 Å². The molecule has 5 nitrogen and oxygen atoms in total. The van der Waals surface area contributed by atoms with E-state index in [0.717, 1.165) is 19.5 Å². The molecule has 0 aromatic heterocycles. The zero-order valence-electron chi connectivity index (χ0n) is 9.67. The van der Waals surface area contributed by atoms with Gasteiger partial charge >= 0.3 is 0 Å². The summed E-state index contributed by atoms with van der Waals surface area (Å²) in [5, 5.41) is 5.84. The Hall–Kier alpha value is -0.650. The van der Waals surface area contributed by atoms with Gasteiger partial charge in [0, 0.05) is 20.1 Å². The van der Waals surface area contributed by atoms with Crippen molar-refractivity contribution in [3.05, 3.63) is 0 Å². The zero-order valence-corrected chi connectivity index (χ0v) is 9.67. The average molecular weight is 218 g/mol. The van der Waals surface area contributed by atoms with E-state index < -0.39 is 0 Å². The molecule has 0 aliphatic carbocycles. The van der Waals surface area contributed by atoms with Crippen LogP contribution in [-0.2, 0) is 14.3 Å². The van der Waals surface area contributed by atoms with E-state index in [1.54, 1.807) is 7.11 Å². The summed E-state index contributed by atoms with van der Waals surface area (Å²) in [6, 6.07) is 0. The largest absolute Gasteiger partial charge is 0.382 e. The van der Waals surface area contributed by atoms with E-state index in [1.807, 2.05) is 7.05 Å². The topological polar surface area (TPSA) is 59.6 Å². The number of methoxy groups -OCH3 is 1. The van der Waals surface area contributed by atoms with E-state index in [9.17, 15) is 4.79 Å². The lowest BCUT2D eigenvalue weighted by Crippen LogP contribution is -2.27. The van der Waals surface area contributed by atoms with Gasteiger partial charge in [-0.05, 0) is 20.0 Å². The molecule has 0 aliphatic heterocycles. The molecule has 0 spiro atoms. The molecule has 0 radical (unpaired) electrons. The van der Waals surface area contributed by atoms with Crippen molar-refractivity contribution in [1.29, 1.82) is 0 Å². The second kappa shape index (κ2) is 11.4. The number of ether oxygens (including phenoxy) is 2. The Morgan fingerprint density at radius 1 is 1.20 bits per heavy atom. The molecule has 0 unspecified atom stereocenters. The van der Waals surface area contributed by atoms with E-state index in [4.69, 9.17) is 9.47 Å². The minimum Gasteiger partial charge on any atom is -0.382 e. The number of hydrogen-bond donors (Lipinski definition) is 2. The molecule has 0 bridgehead atoms. The van der Waals surface area contributed by atoms with Crippen LogP contribution in [0.4, 0.5) is 0 Å². The van der Waals surface area contributed by atoms with Gasteiger partial charge in [0.25, 0.3) is 0 Å². The summed E-state index contributed by atoms with van der Waals surface area (Å²) in [5.74, 6) is 0.0449. The molecule has 0 rings (SSSR count). The van der Waals surface area contributed by atoms with Crippen LogP contribution >= 0.6 is 0 Å². The molecule has 0 saturated heterocycles. The summed E-state index contributed by atoms with van der Waals surface area (Å²) in [4.78, 5) is 11.2. The fraction of sp³-hybridized carbons (Fsp3) is 0.900. The van der Waals surface area contributed by atoms with Gasteiger partial charge in [0.2, 0.25) is 5.91 Å². The molecule has 0 atom stereocenters. The second-order valence-corrected chi connectivity index (χ2v) is 3.16. The first kappa shape index (κ1) is 14.3. The maximum Gasteiger partial charge on any atom is 0.222 e. The Kier molecular flexibility index (Phi) is 10.9. The maximum atomic E-state index is 11.2. The van der Waals surface area contributed by atoms with Crippen LogP contribution in [0.1, 0.15) is 12.8 Å². The third-order valence-corrected chi connectivity index (χ3v) is 1.83. The van der Waals surface area contributed by atoms with Gasteiger partial charge in [-0.15, -0.1) is 0 Å². The van der Waals surface area contributed by atoms with Gasteiger partial charge in [-0.2, -0.15) is 0 Å². The summed E-state index contributed by atoms with van der Waals surface area (Å²) in [5.41, 5.74) is 0. The van der Waals surface area contributed by atoms with Gasteiger partial charge in [-0.25, -0.2) is 0 Å². The summed E-state index contributed by atoms with van der Waals surface area (Å²) in [6.07, 6.45) is 1.37. The molecule has 1 amide bonds. The van der Waals surface area contributed by atoms with Crippen LogP contribution in [0, 0.1) is 0 Å². The number of nitrogens with one attached hydrogen (secondary N) is 2. The Bertz CT molecular complexity index is 154. The van der Waals surface area contributed by atoms with E-state index in [0.29, 0.717) is 26.2 Å². The Labute approximate surface area is 91.5 Å². The highest BCUT2D eigenvalue weighted by Crippen LogP contribution is 1.84. The van der Waals surface area contributed by atoms with Gasteiger partial charge in [0.15, 0.2) is 0 Å². The minimum atomic E-state index is 0.0449. The van der Waals surface area contributed by atoms with Crippen molar-refractivity contribution in [2.24, 2.45) is 0 Å². The van der Waals surface area contributed by atoms with Gasteiger partial charge in [-0.1, -0.05) is 0 Å². The van der Waals surface area contributed by atoms with Crippen LogP contribution in [0.3, 0.4) is 0 Å². The van der Waals surface area contributed by atoms with Crippen LogP contribution in [0.5, 0.6) is 0 Å². The van der Waals surface area contributed by atoms with Crippen LogP contribution in [0.25, 0.3) is 0 Å². The molecule has 0 fully saturated rings. The predicted octanol–water partition coefficient (Wildman–Crippen LogP) is -0.235. The van der Waals surface area contributed by atoms with Crippen molar-refractivity contribution >= 4 is 5.91 Å². The van der Waals surface area contributed by atoms with Crippen LogP contribution < -0.4 is 10.6 Å². The van der Waals surface area contributed by atoms with Crippen LogP contribution in [0.2, 0.25) is 0 Å².